The Morgan fingerprint density at radius 1 is 1.00 bits per heavy atom. The Kier molecular flexibility index (Phi) is 1.21. The van der Waals surface area contributed by atoms with E-state index in [1.807, 2.05) is 37.7 Å². The fourth-order valence-electron chi connectivity index (χ4n) is 0.385. The van der Waals surface area contributed by atoms with Gasteiger partial charge in [0.05, 0.1) is 0 Å². The summed E-state index contributed by atoms with van der Waals surface area (Å²) < 4.78 is 0. The Balaban J connectivity index is 3.00. The van der Waals surface area contributed by atoms with Crippen LogP contribution in [0, 0.1) is 0 Å². The van der Waals surface area contributed by atoms with Gasteiger partial charge >= 0.3 is 37.7 Å². The first kappa shape index (κ1) is 3.79. The second kappa shape index (κ2) is 1.91. The molecule has 0 spiro atoms. The maximum atomic E-state index is 2.00. The van der Waals surface area contributed by atoms with Gasteiger partial charge in [0.2, 0.25) is 0 Å². The molecule has 0 saturated carbocycles. The van der Waals surface area contributed by atoms with Crippen molar-refractivity contribution >= 4 is 13.8 Å². The van der Waals surface area contributed by atoms with Crippen LogP contribution in [0.2, 0.25) is 0 Å². The molecule has 0 unspecified atom stereocenters. The van der Waals surface area contributed by atoms with Crippen molar-refractivity contribution in [2.45, 2.75) is 0 Å². The summed E-state index contributed by atoms with van der Waals surface area (Å²) in [6.07, 6.45) is 0. The maximum absolute atomic E-state index is 2.00. The molecular formula is C4H4B2. The molecular weight excluding hydrogens is 69.7 g/mol. The van der Waals surface area contributed by atoms with Crippen molar-refractivity contribution in [3.63, 3.8) is 0 Å². The van der Waals surface area contributed by atoms with Crippen LogP contribution in [0.15, 0.2) is 23.8 Å². The molecule has 0 bridgehead atoms. The minimum absolute atomic E-state index is 2.00. The van der Waals surface area contributed by atoms with Crippen LogP contribution >= 0.6 is 0 Å². The van der Waals surface area contributed by atoms with Gasteiger partial charge < -0.3 is 0 Å². The van der Waals surface area contributed by atoms with E-state index in [1.165, 1.54) is 0 Å². The van der Waals surface area contributed by atoms with E-state index >= 15 is 0 Å². The van der Waals surface area contributed by atoms with Crippen molar-refractivity contribution in [2.24, 2.45) is 0 Å². The normalized spacial score (nSPS) is 6.67. The van der Waals surface area contributed by atoms with Crippen molar-refractivity contribution in [3.8, 4) is 0 Å². The molecule has 0 fully saturated rings. The molecule has 1 rings (SSSR count). The summed E-state index contributed by atoms with van der Waals surface area (Å²) in [5.74, 6) is 6.00. The molecule has 0 radical (unpaired) electrons. The Bertz CT molecular complexity index is 77.5. The third-order valence-electron chi connectivity index (χ3n) is 0.667. The van der Waals surface area contributed by atoms with Crippen LogP contribution in [0.5, 0.6) is 0 Å². The van der Waals surface area contributed by atoms with Crippen LogP contribution in [0.3, 0.4) is 0 Å². The van der Waals surface area contributed by atoms with Gasteiger partial charge in [-0.25, -0.2) is 0 Å². The third-order valence-corrected chi connectivity index (χ3v) is 0.667. The van der Waals surface area contributed by atoms with Crippen LogP contribution in [-0.2, 0) is 0 Å². The molecule has 0 N–H and O–H groups in total. The summed E-state index contributed by atoms with van der Waals surface area (Å²) in [6, 6.07) is 2.00. The van der Waals surface area contributed by atoms with Crippen molar-refractivity contribution in [1.82, 2.24) is 0 Å². The van der Waals surface area contributed by atoms with Gasteiger partial charge in [-0.05, 0) is 0 Å². The quantitative estimate of drug-likeness (QED) is 0.416. The molecule has 1 heterocycles. The van der Waals surface area contributed by atoms with Gasteiger partial charge in [0, 0.05) is 0 Å². The average molecular weight is 73.7 g/mol. The van der Waals surface area contributed by atoms with Gasteiger partial charge in [0.15, 0.2) is 0 Å². The van der Waals surface area contributed by atoms with Crippen LogP contribution in [0.25, 0.3) is 0 Å². The number of hydrogen-bond acceptors (Lipinski definition) is 0. The van der Waals surface area contributed by atoms with E-state index in [1.54, 1.807) is 0 Å². The Hall–Kier alpha value is -0.390. The molecule has 0 nitrogen and oxygen atoms in total. The van der Waals surface area contributed by atoms with Crippen LogP contribution in [-0.4, -0.2) is 13.8 Å². The Labute approximate surface area is 38.6 Å². The summed E-state index contributed by atoms with van der Waals surface area (Å²) in [6.45, 7) is 4.00. The van der Waals surface area contributed by atoms with Crippen molar-refractivity contribution in [3.05, 3.63) is 23.8 Å². The Morgan fingerprint density at radius 3 is 1.83 bits per heavy atom. The summed E-state index contributed by atoms with van der Waals surface area (Å²) in [4.78, 5) is 0. The van der Waals surface area contributed by atoms with Gasteiger partial charge in [0.25, 0.3) is 0 Å². The summed E-state index contributed by atoms with van der Waals surface area (Å²) >= 11 is 0. The number of hydrogen-bond donors (Lipinski definition) is 0. The minimum atomic E-state index is 2.00. The topological polar surface area (TPSA) is 0 Å². The van der Waals surface area contributed by atoms with Gasteiger partial charge in [-0.1, -0.05) is 0 Å². The second-order valence-electron chi connectivity index (χ2n) is 1.15. The molecule has 0 saturated heterocycles. The predicted octanol–water partition coefficient (Wildman–Crippen LogP) is 0.363. The van der Waals surface area contributed by atoms with E-state index in [0.29, 0.717) is 0 Å². The molecule has 1 aromatic heterocycles. The van der Waals surface area contributed by atoms with Crippen LogP contribution < -0.4 is 0 Å². The fourth-order valence-corrected chi connectivity index (χ4v) is 0.385. The first-order chi connectivity index (χ1) is 3.00. The average Bonchev–Trinajstić information content (AvgIpc) is 1.72. The zero-order chi connectivity index (χ0) is 4.24. The Morgan fingerprint density at radius 2 is 1.67 bits per heavy atom. The van der Waals surface area contributed by atoms with Crippen molar-refractivity contribution < 1.29 is 0 Å². The van der Waals surface area contributed by atoms with E-state index in [0.717, 1.165) is 0 Å². The third kappa shape index (κ3) is 0.781. The molecule has 0 atom stereocenters. The molecule has 6 heavy (non-hydrogen) atoms. The predicted molar refractivity (Wildman–Crippen MR) is 29.1 cm³/mol. The van der Waals surface area contributed by atoms with Crippen molar-refractivity contribution in [2.75, 3.05) is 0 Å². The molecule has 0 aromatic carbocycles. The van der Waals surface area contributed by atoms with E-state index in [2.05, 4.69) is 0 Å². The second-order valence-corrected chi connectivity index (χ2v) is 1.15. The zero-order valence-electron chi connectivity index (χ0n) is 3.46. The van der Waals surface area contributed by atoms with Gasteiger partial charge in [-0.15, -0.1) is 0 Å². The van der Waals surface area contributed by atoms with Gasteiger partial charge in [-0.2, -0.15) is 0 Å². The standard InChI is InChI=1S/C4H4B2/c1-2-5-4-6-3-1/h1-4H. The summed E-state index contributed by atoms with van der Waals surface area (Å²) in [7, 11) is 0. The van der Waals surface area contributed by atoms with Crippen LogP contribution in [0.4, 0.5) is 0 Å². The first-order valence-electron chi connectivity index (χ1n) is 2.00. The SMILES string of the molecule is b1cbccc1. The molecule has 2 heteroatoms. The summed E-state index contributed by atoms with van der Waals surface area (Å²) in [5.41, 5.74) is 0. The van der Waals surface area contributed by atoms with E-state index in [4.69, 9.17) is 0 Å². The fraction of sp³-hybridized carbons (Fsp3) is 0. The molecule has 0 aliphatic rings. The molecule has 0 aliphatic heterocycles. The van der Waals surface area contributed by atoms with E-state index in [-0.39, 0.29) is 0 Å². The number of rotatable bonds is 0. The van der Waals surface area contributed by atoms with Gasteiger partial charge in [0.1, 0.15) is 0 Å². The molecule has 1 aromatic rings. The molecule has 26 valence electrons. The van der Waals surface area contributed by atoms with Crippen molar-refractivity contribution in [1.29, 1.82) is 0 Å². The van der Waals surface area contributed by atoms with E-state index < -0.39 is 0 Å². The molecule has 0 aliphatic carbocycles. The van der Waals surface area contributed by atoms with E-state index in [9.17, 15) is 0 Å². The zero-order valence-corrected chi connectivity index (χ0v) is 3.46. The monoisotopic (exact) mass is 74.0 g/mol. The summed E-state index contributed by atoms with van der Waals surface area (Å²) in [5, 5.41) is 0. The first-order valence-corrected chi connectivity index (χ1v) is 2.00. The molecule has 0 amide bonds. The van der Waals surface area contributed by atoms with Gasteiger partial charge in [-0.3, -0.25) is 0 Å². The van der Waals surface area contributed by atoms with Crippen LogP contribution in [0.1, 0.15) is 0 Å².